The minimum atomic E-state index is -0.115. The van der Waals surface area contributed by atoms with Gasteiger partial charge in [-0.1, -0.05) is 20.4 Å². The van der Waals surface area contributed by atoms with Gasteiger partial charge >= 0.3 is 0 Å². The summed E-state index contributed by atoms with van der Waals surface area (Å²) in [5.41, 5.74) is 1.14. The predicted octanol–water partition coefficient (Wildman–Crippen LogP) is 0.833. The summed E-state index contributed by atoms with van der Waals surface area (Å²) in [5, 5.41) is 8.97. The summed E-state index contributed by atoms with van der Waals surface area (Å²) in [4.78, 5) is 2.12. The van der Waals surface area contributed by atoms with E-state index >= 15 is 0 Å². The zero-order chi connectivity index (χ0) is 7.72. The Balaban J connectivity index is 2.31. The summed E-state index contributed by atoms with van der Waals surface area (Å²) < 4.78 is 0. The van der Waals surface area contributed by atoms with Gasteiger partial charge in [0.2, 0.25) is 0 Å². The molecule has 1 aliphatic heterocycles. The van der Waals surface area contributed by atoms with E-state index in [-0.39, 0.29) is 6.10 Å². The largest absolute Gasteiger partial charge is 0.389 e. The molecule has 0 amide bonds. The van der Waals surface area contributed by atoms with Gasteiger partial charge in [-0.15, -0.1) is 0 Å². The standard InChI is InChI=1S/C8H15NO/c1-6(2)7(3)9-4-8(10)5-9/h6,8,10H,3-5H2,1-2H3. The van der Waals surface area contributed by atoms with Crippen molar-refractivity contribution in [2.75, 3.05) is 13.1 Å². The van der Waals surface area contributed by atoms with E-state index < -0.39 is 0 Å². The van der Waals surface area contributed by atoms with Crippen molar-refractivity contribution in [1.29, 1.82) is 0 Å². The van der Waals surface area contributed by atoms with Crippen LogP contribution in [-0.2, 0) is 0 Å². The van der Waals surface area contributed by atoms with Gasteiger partial charge in [-0.3, -0.25) is 0 Å². The Morgan fingerprint density at radius 1 is 1.60 bits per heavy atom. The fourth-order valence-corrected chi connectivity index (χ4v) is 1.05. The van der Waals surface area contributed by atoms with Crippen LogP contribution >= 0.6 is 0 Å². The van der Waals surface area contributed by atoms with Crippen molar-refractivity contribution in [2.45, 2.75) is 20.0 Å². The molecule has 0 spiro atoms. The Morgan fingerprint density at radius 2 is 2.10 bits per heavy atom. The van der Waals surface area contributed by atoms with E-state index in [4.69, 9.17) is 5.11 Å². The first kappa shape index (κ1) is 7.61. The van der Waals surface area contributed by atoms with Crippen LogP contribution in [0.2, 0.25) is 0 Å². The molecule has 0 aromatic heterocycles. The van der Waals surface area contributed by atoms with E-state index in [1.165, 1.54) is 0 Å². The van der Waals surface area contributed by atoms with E-state index in [0.29, 0.717) is 5.92 Å². The Kier molecular flexibility index (Phi) is 2.00. The molecule has 1 fully saturated rings. The number of likely N-dealkylation sites (tertiary alicyclic amines) is 1. The number of aliphatic hydroxyl groups is 1. The lowest BCUT2D eigenvalue weighted by Crippen LogP contribution is -2.50. The van der Waals surface area contributed by atoms with Crippen LogP contribution in [0.25, 0.3) is 0 Å². The molecule has 58 valence electrons. The van der Waals surface area contributed by atoms with Crippen LogP contribution in [0.1, 0.15) is 13.8 Å². The number of hydrogen-bond acceptors (Lipinski definition) is 2. The van der Waals surface area contributed by atoms with Crippen LogP contribution in [0.3, 0.4) is 0 Å². The van der Waals surface area contributed by atoms with Crippen LogP contribution < -0.4 is 0 Å². The third kappa shape index (κ3) is 1.32. The average Bonchev–Trinajstić information content (AvgIpc) is 1.79. The van der Waals surface area contributed by atoms with E-state index in [2.05, 4.69) is 25.3 Å². The number of rotatable bonds is 2. The van der Waals surface area contributed by atoms with Crippen LogP contribution in [0.5, 0.6) is 0 Å². The molecule has 0 aliphatic carbocycles. The summed E-state index contributed by atoms with van der Waals surface area (Å²) >= 11 is 0. The first-order valence-corrected chi connectivity index (χ1v) is 3.73. The molecule has 0 atom stereocenters. The van der Waals surface area contributed by atoms with Gasteiger partial charge in [0.15, 0.2) is 0 Å². The fourth-order valence-electron chi connectivity index (χ4n) is 1.05. The smallest absolute Gasteiger partial charge is 0.0889 e. The Morgan fingerprint density at radius 3 is 2.40 bits per heavy atom. The van der Waals surface area contributed by atoms with Crippen molar-refractivity contribution in [3.8, 4) is 0 Å². The van der Waals surface area contributed by atoms with Crippen molar-refractivity contribution in [2.24, 2.45) is 5.92 Å². The molecule has 0 saturated carbocycles. The molecule has 2 nitrogen and oxygen atoms in total. The molecule has 1 aliphatic rings. The van der Waals surface area contributed by atoms with Crippen molar-refractivity contribution in [3.63, 3.8) is 0 Å². The number of nitrogens with zero attached hydrogens (tertiary/aromatic N) is 1. The van der Waals surface area contributed by atoms with Gasteiger partial charge in [-0.05, 0) is 5.92 Å². The first-order chi connectivity index (χ1) is 4.61. The van der Waals surface area contributed by atoms with Gasteiger partial charge in [0.25, 0.3) is 0 Å². The normalized spacial score (nSPS) is 19.4. The van der Waals surface area contributed by atoms with Crippen molar-refractivity contribution >= 4 is 0 Å². The maximum atomic E-state index is 8.97. The zero-order valence-electron chi connectivity index (χ0n) is 6.67. The highest BCUT2D eigenvalue weighted by Gasteiger charge is 2.25. The van der Waals surface area contributed by atoms with Gasteiger partial charge < -0.3 is 10.0 Å². The molecule has 0 radical (unpaired) electrons. The van der Waals surface area contributed by atoms with E-state index in [0.717, 1.165) is 18.8 Å². The molecule has 1 rings (SSSR count). The Hall–Kier alpha value is -0.500. The second-order valence-corrected chi connectivity index (χ2v) is 3.20. The summed E-state index contributed by atoms with van der Waals surface area (Å²) in [7, 11) is 0. The third-order valence-corrected chi connectivity index (χ3v) is 1.93. The van der Waals surface area contributed by atoms with Gasteiger partial charge in [-0.25, -0.2) is 0 Å². The highest BCUT2D eigenvalue weighted by Crippen LogP contribution is 2.19. The number of aliphatic hydroxyl groups excluding tert-OH is 1. The monoisotopic (exact) mass is 141 g/mol. The molecular formula is C8H15NO. The quantitative estimate of drug-likeness (QED) is 0.615. The van der Waals surface area contributed by atoms with Crippen LogP contribution in [0.15, 0.2) is 12.3 Å². The van der Waals surface area contributed by atoms with Gasteiger partial charge in [0, 0.05) is 18.8 Å². The van der Waals surface area contributed by atoms with Gasteiger partial charge in [0.05, 0.1) is 6.10 Å². The lowest BCUT2D eigenvalue weighted by Gasteiger charge is -2.40. The van der Waals surface area contributed by atoms with Crippen LogP contribution in [-0.4, -0.2) is 29.2 Å². The fraction of sp³-hybridized carbons (Fsp3) is 0.750. The second-order valence-electron chi connectivity index (χ2n) is 3.20. The molecule has 0 aromatic carbocycles. The van der Waals surface area contributed by atoms with Crippen molar-refractivity contribution in [3.05, 3.63) is 12.3 Å². The lowest BCUT2D eigenvalue weighted by molar-refractivity contribution is 0.0195. The molecular weight excluding hydrogens is 126 g/mol. The second kappa shape index (κ2) is 2.62. The topological polar surface area (TPSA) is 23.5 Å². The van der Waals surface area contributed by atoms with Crippen LogP contribution in [0.4, 0.5) is 0 Å². The third-order valence-electron chi connectivity index (χ3n) is 1.93. The van der Waals surface area contributed by atoms with Crippen molar-refractivity contribution in [1.82, 2.24) is 4.90 Å². The summed E-state index contributed by atoms with van der Waals surface area (Å²) in [6, 6.07) is 0. The minimum Gasteiger partial charge on any atom is -0.389 e. The molecule has 1 heterocycles. The molecule has 1 saturated heterocycles. The summed E-state index contributed by atoms with van der Waals surface area (Å²) in [6.45, 7) is 9.71. The highest BCUT2D eigenvalue weighted by atomic mass is 16.3. The highest BCUT2D eigenvalue weighted by molar-refractivity contribution is 5.02. The van der Waals surface area contributed by atoms with E-state index in [1.54, 1.807) is 0 Å². The number of allylic oxidation sites excluding steroid dienone is 1. The van der Waals surface area contributed by atoms with Gasteiger partial charge in [-0.2, -0.15) is 0 Å². The molecule has 10 heavy (non-hydrogen) atoms. The maximum absolute atomic E-state index is 8.97. The predicted molar refractivity (Wildman–Crippen MR) is 41.6 cm³/mol. The summed E-state index contributed by atoms with van der Waals surface area (Å²) in [5.74, 6) is 0.507. The van der Waals surface area contributed by atoms with Crippen molar-refractivity contribution < 1.29 is 5.11 Å². The lowest BCUT2D eigenvalue weighted by atomic mass is 10.1. The SMILES string of the molecule is C=C(C(C)C)N1CC(O)C1. The molecule has 0 unspecified atom stereocenters. The number of hydrogen-bond donors (Lipinski definition) is 1. The first-order valence-electron chi connectivity index (χ1n) is 3.73. The van der Waals surface area contributed by atoms with E-state index in [1.807, 2.05) is 0 Å². The molecule has 1 N–H and O–H groups in total. The zero-order valence-corrected chi connectivity index (χ0v) is 6.67. The molecule has 0 aromatic rings. The minimum absolute atomic E-state index is 0.115. The molecule has 0 bridgehead atoms. The maximum Gasteiger partial charge on any atom is 0.0889 e. The van der Waals surface area contributed by atoms with E-state index in [9.17, 15) is 0 Å². The Bertz CT molecular complexity index is 136. The summed E-state index contributed by atoms with van der Waals surface area (Å²) in [6.07, 6.45) is -0.115. The molecule has 2 heteroatoms. The van der Waals surface area contributed by atoms with Gasteiger partial charge in [0.1, 0.15) is 0 Å². The Labute approximate surface area is 62.2 Å². The number of β-amino-alcohol motifs (C(OH)–C–C–N with tert-alkyl or cyclic N) is 1. The van der Waals surface area contributed by atoms with Crippen LogP contribution in [0, 0.1) is 5.92 Å². The average molecular weight is 141 g/mol.